The van der Waals surface area contributed by atoms with Gasteiger partial charge in [-0.3, -0.25) is 0 Å². The van der Waals surface area contributed by atoms with E-state index in [1.54, 1.807) is 0 Å². The van der Waals surface area contributed by atoms with Crippen molar-refractivity contribution in [3.63, 3.8) is 0 Å². The summed E-state index contributed by atoms with van der Waals surface area (Å²) >= 11 is 5.98. The van der Waals surface area contributed by atoms with Gasteiger partial charge in [-0.2, -0.15) is 0 Å². The molecule has 1 N–H and O–H groups in total. The second-order valence-corrected chi connectivity index (χ2v) is 5.44. The first-order valence-corrected chi connectivity index (χ1v) is 6.53. The number of hydrogen-bond donors (Lipinski definition) is 1. The predicted octanol–water partition coefficient (Wildman–Crippen LogP) is 4.04. The fraction of sp³-hybridized carbons (Fsp3) is 0.571. The monoisotopic (exact) mass is 237 g/mol. The van der Waals surface area contributed by atoms with Crippen molar-refractivity contribution < 1.29 is 0 Å². The zero-order valence-electron chi connectivity index (χ0n) is 10.0. The average molecular weight is 238 g/mol. The second kappa shape index (κ2) is 5.20. The summed E-state index contributed by atoms with van der Waals surface area (Å²) in [6.45, 7) is 5.65. The topological polar surface area (TPSA) is 12.0 Å². The lowest BCUT2D eigenvalue weighted by molar-refractivity contribution is 0.432. The van der Waals surface area contributed by atoms with Gasteiger partial charge in [0.25, 0.3) is 0 Å². The maximum atomic E-state index is 5.98. The maximum Gasteiger partial charge on any atom is 0.0409 e. The van der Waals surface area contributed by atoms with Crippen LogP contribution in [0.5, 0.6) is 0 Å². The number of hydrogen-bond acceptors (Lipinski definition) is 1. The van der Waals surface area contributed by atoms with Crippen molar-refractivity contribution in [2.45, 2.75) is 32.7 Å². The highest BCUT2D eigenvalue weighted by atomic mass is 35.5. The van der Waals surface area contributed by atoms with Gasteiger partial charge in [-0.25, -0.2) is 0 Å². The van der Waals surface area contributed by atoms with Crippen LogP contribution in [-0.4, -0.2) is 6.54 Å². The molecule has 1 nitrogen and oxygen atoms in total. The summed E-state index contributed by atoms with van der Waals surface area (Å²) in [7, 11) is 0. The fourth-order valence-electron chi connectivity index (χ4n) is 2.09. The zero-order chi connectivity index (χ0) is 11.5. The maximum absolute atomic E-state index is 5.98. The highest BCUT2D eigenvalue weighted by Crippen LogP contribution is 2.36. The van der Waals surface area contributed by atoms with Crippen LogP contribution in [0.15, 0.2) is 24.3 Å². The Morgan fingerprint density at radius 2 is 2.12 bits per heavy atom. The van der Waals surface area contributed by atoms with Crippen LogP contribution in [0.2, 0.25) is 5.02 Å². The lowest BCUT2D eigenvalue weighted by Crippen LogP contribution is -2.25. The molecule has 2 atom stereocenters. The largest absolute Gasteiger partial charge is 0.310 e. The van der Waals surface area contributed by atoms with E-state index in [4.69, 9.17) is 11.6 Å². The molecule has 1 aliphatic rings. The van der Waals surface area contributed by atoms with Gasteiger partial charge in [-0.1, -0.05) is 30.7 Å². The molecule has 88 valence electrons. The molecular formula is C14H20ClN. The molecule has 0 heterocycles. The summed E-state index contributed by atoms with van der Waals surface area (Å²) in [6, 6.07) is 8.50. The lowest BCUT2D eigenvalue weighted by atomic mass is 10.0. The van der Waals surface area contributed by atoms with Crippen LogP contribution in [0.1, 0.15) is 38.3 Å². The Kier molecular flexibility index (Phi) is 3.88. The molecule has 0 radical (unpaired) electrons. The van der Waals surface area contributed by atoms with Gasteiger partial charge < -0.3 is 5.32 Å². The van der Waals surface area contributed by atoms with Crippen molar-refractivity contribution >= 4 is 11.6 Å². The van der Waals surface area contributed by atoms with Gasteiger partial charge in [0.05, 0.1) is 0 Å². The third-order valence-corrected chi connectivity index (χ3v) is 3.76. The smallest absolute Gasteiger partial charge is 0.0409 e. The summed E-state index contributed by atoms with van der Waals surface area (Å²) in [5.41, 5.74) is 1.27. The van der Waals surface area contributed by atoms with Gasteiger partial charge in [0.15, 0.2) is 0 Å². The molecular weight excluding hydrogens is 218 g/mol. The molecule has 1 aliphatic carbocycles. The van der Waals surface area contributed by atoms with E-state index < -0.39 is 0 Å². The van der Waals surface area contributed by atoms with Gasteiger partial charge in [0.1, 0.15) is 0 Å². The minimum atomic E-state index is 0.389. The third-order valence-electron chi connectivity index (χ3n) is 3.52. The zero-order valence-corrected chi connectivity index (χ0v) is 10.8. The van der Waals surface area contributed by atoms with Gasteiger partial charge in [-0.05, 0) is 55.8 Å². The first kappa shape index (κ1) is 11.9. The Morgan fingerprint density at radius 3 is 2.75 bits per heavy atom. The van der Waals surface area contributed by atoms with Crippen LogP contribution in [0.3, 0.4) is 0 Å². The second-order valence-electron chi connectivity index (χ2n) is 5.00. The van der Waals surface area contributed by atoms with Crippen molar-refractivity contribution in [3.05, 3.63) is 34.9 Å². The Hall–Kier alpha value is -0.530. The molecule has 0 aromatic heterocycles. The van der Waals surface area contributed by atoms with Crippen LogP contribution < -0.4 is 5.32 Å². The van der Waals surface area contributed by atoms with Gasteiger partial charge in [0, 0.05) is 11.1 Å². The van der Waals surface area contributed by atoms with E-state index in [9.17, 15) is 0 Å². The molecule has 2 rings (SSSR count). The molecule has 0 bridgehead atoms. The summed E-state index contributed by atoms with van der Waals surface area (Å²) in [5, 5.41) is 4.41. The molecule has 1 aromatic carbocycles. The van der Waals surface area contributed by atoms with E-state index in [1.165, 1.54) is 18.4 Å². The van der Waals surface area contributed by atoms with E-state index >= 15 is 0 Å². The van der Waals surface area contributed by atoms with E-state index in [1.807, 2.05) is 18.2 Å². The van der Waals surface area contributed by atoms with Crippen LogP contribution in [0.4, 0.5) is 0 Å². The molecule has 1 fully saturated rings. The lowest BCUT2D eigenvalue weighted by Gasteiger charge is -2.18. The van der Waals surface area contributed by atoms with E-state index in [0.717, 1.165) is 23.4 Å². The minimum absolute atomic E-state index is 0.389. The SMILES string of the molecule is CC(NCC(C)C1CC1)c1cccc(Cl)c1. The number of halogens is 1. The van der Waals surface area contributed by atoms with Crippen LogP contribution in [-0.2, 0) is 0 Å². The van der Waals surface area contributed by atoms with Crippen molar-refractivity contribution in [1.82, 2.24) is 5.32 Å². The average Bonchev–Trinajstić information content (AvgIpc) is 3.09. The molecule has 2 unspecified atom stereocenters. The van der Waals surface area contributed by atoms with Crippen molar-refractivity contribution in [2.75, 3.05) is 6.54 Å². The van der Waals surface area contributed by atoms with Gasteiger partial charge in [0.2, 0.25) is 0 Å². The highest BCUT2D eigenvalue weighted by molar-refractivity contribution is 6.30. The van der Waals surface area contributed by atoms with Crippen LogP contribution in [0, 0.1) is 11.8 Å². The third kappa shape index (κ3) is 3.23. The van der Waals surface area contributed by atoms with Crippen molar-refractivity contribution in [1.29, 1.82) is 0 Å². The summed E-state index contributed by atoms with van der Waals surface area (Å²) in [4.78, 5) is 0. The summed E-state index contributed by atoms with van der Waals surface area (Å²) in [6.07, 6.45) is 2.85. The summed E-state index contributed by atoms with van der Waals surface area (Å²) < 4.78 is 0. The van der Waals surface area contributed by atoms with Gasteiger partial charge >= 0.3 is 0 Å². The predicted molar refractivity (Wildman–Crippen MR) is 69.8 cm³/mol. The normalized spacial score (nSPS) is 19.4. The van der Waals surface area contributed by atoms with Crippen molar-refractivity contribution in [3.8, 4) is 0 Å². The van der Waals surface area contributed by atoms with Crippen LogP contribution >= 0.6 is 11.6 Å². The fourth-order valence-corrected chi connectivity index (χ4v) is 2.29. The van der Waals surface area contributed by atoms with Gasteiger partial charge in [-0.15, -0.1) is 0 Å². The van der Waals surface area contributed by atoms with E-state index in [2.05, 4.69) is 25.2 Å². The highest BCUT2D eigenvalue weighted by Gasteiger charge is 2.27. The molecule has 0 spiro atoms. The molecule has 1 saturated carbocycles. The standard InChI is InChI=1S/C14H20ClN/c1-10(12-6-7-12)9-16-11(2)13-4-3-5-14(15)8-13/h3-5,8,10-12,16H,6-7,9H2,1-2H3. The number of benzene rings is 1. The van der Waals surface area contributed by atoms with E-state index in [-0.39, 0.29) is 0 Å². The Balaban J connectivity index is 1.84. The summed E-state index contributed by atoms with van der Waals surface area (Å²) in [5.74, 6) is 1.78. The molecule has 2 heteroatoms. The first-order valence-electron chi connectivity index (χ1n) is 6.15. The van der Waals surface area contributed by atoms with E-state index in [0.29, 0.717) is 6.04 Å². The first-order chi connectivity index (χ1) is 7.66. The molecule has 16 heavy (non-hydrogen) atoms. The van der Waals surface area contributed by atoms with Crippen LogP contribution in [0.25, 0.3) is 0 Å². The van der Waals surface area contributed by atoms with Crippen molar-refractivity contribution in [2.24, 2.45) is 11.8 Å². The Morgan fingerprint density at radius 1 is 1.38 bits per heavy atom. The Labute approximate surface area is 103 Å². The number of nitrogens with one attached hydrogen (secondary N) is 1. The Bertz CT molecular complexity index is 346. The molecule has 0 saturated heterocycles. The minimum Gasteiger partial charge on any atom is -0.310 e. The molecule has 1 aromatic rings. The number of rotatable bonds is 5. The quantitative estimate of drug-likeness (QED) is 0.815. The molecule has 0 aliphatic heterocycles. The molecule has 0 amide bonds.